The minimum atomic E-state index is -0.875. The van der Waals surface area contributed by atoms with Gasteiger partial charge in [-0.25, -0.2) is 19.4 Å². The summed E-state index contributed by atoms with van der Waals surface area (Å²) in [5, 5.41) is 15.1. The van der Waals surface area contributed by atoms with Gasteiger partial charge in [0.05, 0.1) is 17.6 Å². The Hall–Kier alpha value is -2.67. The van der Waals surface area contributed by atoms with Crippen LogP contribution in [0.15, 0.2) is 42.9 Å². The van der Waals surface area contributed by atoms with Crippen molar-refractivity contribution in [2.45, 2.75) is 31.3 Å². The molecule has 1 saturated heterocycles. The molecule has 26 heavy (non-hydrogen) atoms. The molecule has 3 aromatic rings. The Balaban J connectivity index is 1.62. The van der Waals surface area contributed by atoms with E-state index in [0.29, 0.717) is 36.6 Å². The van der Waals surface area contributed by atoms with Crippen LogP contribution in [-0.4, -0.2) is 48.4 Å². The molecule has 4 rings (SSSR count). The highest BCUT2D eigenvalue weighted by Crippen LogP contribution is 2.31. The summed E-state index contributed by atoms with van der Waals surface area (Å²) in [6.07, 6.45) is 4.28. The van der Waals surface area contributed by atoms with Gasteiger partial charge in [-0.15, -0.1) is 0 Å². The summed E-state index contributed by atoms with van der Waals surface area (Å²) >= 11 is 6.12. The fourth-order valence-corrected chi connectivity index (χ4v) is 3.86. The molecular formula is C18H18ClN5O2. The number of amides is 1. The van der Waals surface area contributed by atoms with Gasteiger partial charge in [0.2, 0.25) is 0 Å². The molecule has 8 heteroatoms. The molecular weight excluding hydrogens is 354 g/mol. The van der Waals surface area contributed by atoms with E-state index in [0.717, 1.165) is 10.9 Å². The number of benzene rings is 1. The molecule has 1 N–H and O–H groups in total. The number of carboxylic acid groups (broad SMARTS) is 1. The summed E-state index contributed by atoms with van der Waals surface area (Å²) in [6, 6.07) is 9.93. The van der Waals surface area contributed by atoms with E-state index in [9.17, 15) is 9.90 Å². The van der Waals surface area contributed by atoms with Gasteiger partial charge in [-0.05, 0) is 24.8 Å². The molecule has 0 radical (unpaired) electrons. The van der Waals surface area contributed by atoms with E-state index in [1.165, 1.54) is 11.2 Å². The number of piperidine rings is 1. The van der Waals surface area contributed by atoms with Gasteiger partial charge in [0, 0.05) is 12.6 Å². The lowest BCUT2D eigenvalue weighted by atomic mass is 9.92. The number of halogens is 1. The maximum absolute atomic E-state index is 11.7. The minimum absolute atomic E-state index is 0.0720. The standard InChI is InChI=1S/C18H18ClN5O2/c19-16-15-10-22-24(17(15)21-11-20-16)13-6-7-23(18(25)26)14(9-13)8-12-4-2-1-3-5-12/h1-5,10-11,13-14H,6-9H2,(H,25,26). The summed E-state index contributed by atoms with van der Waals surface area (Å²) in [7, 11) is 0. The molecule has 1 aliphatic heterocycles. The highest BCUT2D eigenvalue weighted by Gasteiger charge is 2.33. The molecule has 7 nitrogen and oxygen atoms in total. The van der Waals surface area contributed by atoms with Crippen LogP contribution in [0, 0.1) is 0 Å². The molecule has 3 heterocycles. The maximum Gasteiger partial charge on any atom is 0.407 e. The molecule has 1 fully saturated rings. The highest BCUT2D eigenvalue weighted by atomic mass is 35.5. The van der Waals surface area contributed by atoms with Crippen LogP contribution in [0.1, 0.15) is 24.4 Å². The van der Waals surface area contributed by atoms with Gasteiger partial charge >= 0.3 is 6.09 Å². The Bertz CT molecular complexity index is 930. The summed E-state index contributed by atoms with van der Waals surface area (Å²) in [4.78, 5) is 21.5. The van der Waals surface area contributed by atoms with Crippen LogP contribution in [0.25, 0.3) is 11.0 Å². The molecule has 2 aromatic heterocycles. The summed E-state index contributed by atoms with van der Waals surface area (Å²) in [5.41, 5.74) is 1.82. The lowest BCUT2D eigenvalue weighted by Crippen LogP contribution is -2.47. The van der Waals surface area contributed by atoms with E-state index in [1.807, 2.05) is 35.0 Å². The quantitative estimate of drug-likeness (QED) is 0.713. The van der Waals surface area contributed by atoms with Crippen LogP contribution in [0.4, 0.5) is 4.79 Å². The summed E-state index contributed by atoms with van der Waals surface area (Å²) in [5.74, 6) is 0. The topological polar surface area (TPSA) is 84.1 Å². The normalized spacial score (nSPS) is 20.4. The van der Waals surface area contributed by atoms with Crippen LogP contribution in [-0.2, 0) is 6.42 Å². The van der Waals surface area contributed by atoms with Gasteiger partial charge < -0.3 is 10.0 Å². The minimum Gasteiger partial charge on any atom is -0.465 e. The second-order valence-electron chi connectivity index (χ2n) is 6.49. The number of carbonyl (C=O) groups is 1. The zero-order valence-corrected chi connectivity index (χ0v) is 14.8. The number of fused-ring (bicyclic) bond motifs is 1. The van der Waals surface area contributed by atoms with E-state index >= 15 is 0 Å². The van der Waals surface area contributed by atoms with Crippen molar-refractivity contribution < 1.29 is 9.90 Å². The lowest BCUT2D eigenvalue weighted by molar-refractivity contribution is 0.0898. The Labute approximate surface area is 155 Å². The van der Waals surface area contributed by atoms with Gasteiger partial charge in [-0.3, -0.25) is 0 Å². The molecule has 2 atom stereocenters. The van der Waals surface area contributed by atoms with Crippen molar-refractivity contribution in [1.29, 1.82) is 0 Å². The molecule has 134 valence electrons. The number of rotatable bonds is 3. The SMILES string of the molecule is O=C(O)N1CCC(n2ncc3c(Cl)ncnc32)CC1Cc1ccccc1. The average molecular weight is 372 g/mol. The molecule has 0 saturated carbocycles. The first-order chi connectivity index (χ1) is 12.6. The Kier molecular flexibility index (Phi) is 4.46. The molecule has 1 aliphatic rings. The third-order valence-corrected chi connectivity index (χ3v) is 5.24. The predicted molar refractivity (Wildman–Crippen MR) is 97.3 cm³/mol. The zero-order valence-electron chi connectivity index (χ0n) is 14.0. The predicted octanol–water partition coefficient (Wildman–Crippen LogP) is 3.41. The van der Waals surface area contributed by atoms with Crippen LogP contribution in [0.3, 0.4) is 0 Å². The van der Waals surface area contributed by atoms with Crippen LogP contribution < -0.4 is 0 Å². The van der Waals surface area contributed by atoms with Gasteiger partial charge in [-0.2, -0.15) is 5.10 Å². The average Bonchev–Trinajstić information content (AvgIpc) is 3.08. The van der Waals surface area contributed by atoms with E-state index in [2.05, 4.69) is 15.1 Å². The number of hydrogen-bond donors (Lipinski definition) is 1. The lowest BCUT2D eigenvalue weighted by Gasteiger charge is -2.38. The van der Waals surface area contributed by atoms with Gasteiger partial charge in [0.15, 0.2) is 5.65 Å². The van der Waals surface area contributed by atoms with Crippen molar-refractivity contribution in [3.05, 3.63) is 53.6 Å². The second kappa shape index (κ2) is 6.92. The first kappa shape index (κ1) is 16.8. The number of aromatic nitrogens is 4. The van der Waals surface area contributed by atoms with Crippen molar-refractivity contribution in [2.24, 2.45) is 0 Å². The molecule has 0 spiro atoms. The van der Waals surface area contributed by atoms with E-state index in [1.54, 1.807) is 6.20 Å². The van der Waals surface area contributed by atoms with E-state index < -0.39 is 6.09 Å². The zero-order chi connectivity index (χ0) is 18.1. The number of nitrogens with zero attached hydrogens (tertiary/aromatic N) is 5. The van der Waals surface area contributed by atoms with E-state index in [-0.39, 0.29) is 12.1 Å². The van der Waals surface area contributed by atoms with Gasteiger partial charge in [0.25, 0.3) is 0 Å². The first-order valence-corrected chi connectivity index (χ1v) is 8.88. The third kappa shape index (κ3) is 3.10. The Morgan fingerprint density at radius 1 is 1.27 bits per heavy atom. The van der Waals surface area contributed by atoms with Crippen molar-refractivity contribution >= 4 is 28.7 Å². The summed E-state index contributed by atoms with van der Waals surface area (Å²) < 4.78 is 1.86. The third-order valence-electron chi connectivity index (χ3n) is 4.94. The van der Waals surface area contributed by atoms with Gasteiger partial charge in [-0.1, -0.05) is 41.9 Å². The monoisotopic (exact) mass is 371 g/mol. The smallest absolute Gasteiger partial charge is 0.407 e. The van der Waals surface area contributed by atoms with Crippen molar-refractivity contribution in [1.82, 2.24) is 24.6 Å². The molecule has 0 bridgehead atoms. The first-order valence-electron chi connectivity index (χ1n) is 8.50. The fraction of sp³-hybridized carbons (Fsp3) is 0.333. The van der Waals surface area contributed by atoms with Crippen molar-refractivity contribution in [3.63, 3.8) is 0 Å². The fourth-order valence-electron chi connectivity index (χ4n) is 3.68. The van der Waals surface area contributed by atoms with Crippen molar-refractivity contribution in [2.75, 3.05) is 6.54 Å². The Morgan fingerprint density at radius 2 is 2.08 bits per heavy atom. The second-order valence-corrected chi connectivity index (χ2v) is 6.85. The summed E-state index contributed by atoms with van der Waals surface area (Å²) in [6.45, 7) is 0.470. The number of likely N-dealkylation sites (tertiary alicyclic amines) is 1. The highest BCUT2D eigenvalue weighted by molar-refractivity contribution is 6.33. The molecule has 1 amide bonds. The van der Waals surface area contributed by atoms with Crippen LogP contribution >= 0.6 is 11.6 Å². The van der Waals surface area contributed by atoms with Crippen LogP contribution in [0.5, 0.6) is 0 Å². The molecule has 0 aliphatic carbocycles. The Morgan fingerprint density at radius 3 is 2.85 bits per heavy atom. The number of hydrogen-bond acceptors (Lipinski definition) is 4. The maximum atomic E-state index is 11.7. The molecule has 2 unspecified atom stereocenters. The van der Waals surface area contributed by atoms with Crippen molar-refractivity contribution in [3.8, 4) is 0 Å². The van der Waals surface area contributed by atoms with E-state index in [4.69, 9.17) is 11.6 Å². The molecule has 1 aromatic carbocycles. The largest absolute Gasteiger partial charge is 0.465 e. The van der Waals surface area contributed by atoms with Crippen LogP contribution in [0.2, 0.25) is 5.15 Å². The van der Waals surface area contributed by atoms with Gasteiger partial charge in [0.1, 0.15) is 11.5 Å².